The first-order valence-corrected chi connectivity index (χ1v) is 8.75. The van der Waals surface area contributed by atoms with Crippen molar-refractivity contribution in [3.63, 3.8) is 0 Å². The van der Waals surface area contributed by atoms with Crippen LogP contribution in [0.2, 0.25) is 10.0 Å². The number of fused-ring (bicyclic) bond motifs is 1. The van der Waals surface area contributed by atoms with E-state index in [4.69, 9.17) is 23.2 Å². The van der Waals surface area contributed by atoms with Crippen LogP contribution in [0.3, 0.4) is 0 Å². The number of halogens is 2. The number of aromatic amines is 1. The average Bonchev–Trinajstić information content (AvgIpc) is 3.08. The van der Waals surface area contributed by atoms with E-state index in [-0.39, 0.29) is 5.75 Å². The third-order valence-corrected chi connectivity index (χ3v) is 4.65. The highest BCUT2D eigenvalue weighted by molar-refractivity contribution is 6.36. The van der Waals surface area contributed by atoms with Crippen LogP contribution in [-0.2, 0) is 0 Å². The summed E-state index contributed by atoms with van der Waals surface area (Å²) in [5.74, 6) is 1.00. The van der Waals surface area contributed by atoms with Crippen LogP contribution in [0.15, 0.2) is 60.8 Å². The maximum absolute atomic E-state index is 9.54. The molecule has 1 aromatic heterocycles. The summed E-state index contributed by atoms with van der Waals surface area (Å²) in [6.07, 6.45) is 5.64. The minimum Gasteiger partial charge on any atom is -0.508 e. The van der Waals surface area contributed by atoms with Gasteiger partial charge in [-0.3, -0.25) is 0 Å². The van der Waals surface area contributed by atoms with Crippen LogP contribution < -0.4 is 0 Å². The third-order valence-electron chi connectivity index (χ3n) is 4.10. The van der Waals surface area contributed by atoms with E-state index >= 15 is 0 Å². The van der Waals surface area contributed by atoms with E-state index < -0.39 is 0 Å². The molecule has 1 heterocycles. The van der Waals surface area contributed by atoms with Gasteiger partial charge >= 0.3 is 0 Å². The topological polar surface area (TPSA) is 48.9 Å². The van der Waals surface area contributed by atoms with Gasteiger partial charge in [0.15, 0.2) is 0 Å². The molecule has 0 bridgehead atoms. The van der Waals surface area contributed by atoms with E-state index in [1.165, 1.54) is 0 Å². The van der Waals surface area contributed by atoms with Crippen molar-refractivity contribution in [3.05, 3.63) is 82.2 Å². The Morgan fingerprint density at radius 2 is 1.69 bits per heavy atom. The monoisotopic (exact) mass is 380 g/mol. The van der Waals surface area contributed by atoms with Crippen LogP contribution in [-0.4, -0.2) is 15.1 Å². The van der Waals surface area contributed by atoms with Gasteiger partial charge in [-0.1, -0.05) is 47.5 Å². The molecule has 0 saturated heterocycles. The van der Waals surface area contributed by atoms with Crippen molar-refractivity contribution in [2.45, 2.75) is 0 Å². The number of H-pyrrole nitrogens is 1. The summed E-state index contributed by atoms with van der Waals surface area (Å²) in [5, 5.41) is 12.8. The highest BCUT2D eigenvalue weighted by Gasteiger charge is 2.07. The smallest absolute Gasteiger partial charge is 0.130 e. The van der Waals surface area contributed by atoms with E-state index in [1.807, 2.05) is 36.4 Å². The Bertz CT molecular complexity index is 1130. The van der Waals surface area contributed by atoms with E-state index in [0.717, 1.165) is 33.4 Å². The lowest BCUT2D eigenvalue weighted by Gasteiger charge is -2.01. The molecule has 0 fully saturated rings. The van der Waals surface area contributed by atoms with E-state index in [2.05, 4.69) is 16.0 Å². The molecule has 0 radical (unpaired) electrons. The van der Waals surface area contributed by atoms with Crippen molar-refractivity contribution >= 4 is 46.1 Å². The summed E-state index contributed by atoms with van der Waals surface area (Å²) < 4.78 is 0. The zero-order valence-corrected chi connectivity index (χ0v) is 15.1. The van der Waals surface area contributed by atoms with Gasteiger partial charge in [-0.15, -0.1) is 0 Å². The molecule has 0 aliphatic rings. The fraction of sp³-hybridized carbons (Fsp3) is 0. The number of phenolic OH excluding ortho intramolecular Hbond substituents is 1. The van der Waals surface area contributed by atoms with Gasteiger partial charge in [0.05, 0.1) is 16.9 Å². The lowest BCUT2D eigenvalue weighted by molar-refractivity contribution is 0.476. The number of rotatable bonds is 3. The Kier molecular flexibility index (Phi) is 4.41. The molecule has 0 unspecified atom stereocenters. The maximum Gasteiger partial charge on any atom is 0.130 e. The number of imidazole rings is 1. The number of aromatic hydroxyl groups is 1. The highest BCUT2D eigenvalue weighted by Crippen LogP contribution is 2.29. The normalized spacial score (nSPS) is 11.5. The standard InChI is InChI=1S/C21H14Cl2N2O/c22-16-5-7-18(19(23)11-16)20-12-24-21(25-20)8-2-13-1-3-15-10-17(26)6-4-14(15)9-13/h1-12,26H,(H,24,25)/b8-2+. The molecular formula is C21H14Cl2N2O. The molecule has 0 spiro atoms. The molecule has 0 aliphatic carbocycles. The van der Waals surface area contributed by atoms with E-state index in [1.54, 1.807) is 30.5 Å². The van der Waals surface area contributed by atoms with Crippen molar-refractivity contribution in [1.82, 2.24) is 9.97 Å². The lowest BCUT2D eigenvalue weighted by atomic mass is 10.1. The van der Waals surface area contributed by atoms with Crippen molar-refractivity contribution < 1.29 is 5.11 Å². The fourth-order valence-corrected chi connectivity index (χ4v) is 3.31. The number of nitrogens with zero attached hydrogens (tertiary/aromatic N) is 1. The van der Waals surface area contributed by atoms with Crippen LogP contribution in [0.1, 0.15) is 11.4 Å². The minimum atomic E-state index is 0.268. The molecular weight excluding hydrogens is 367 g/mol. The number of hydrogen-bond acceptors (Lipinski definition) is 2. The molecule has 3 aromatic carbocycles. The molecule has 4 rings (SSSR count). The van der Waals surface area contributed by atoms with Crippen LogP contribution in [0.5, 0.6) is 5.75 Å². The summed E-state index contributed by atoms with van der Waals surface area (Å²) in [6, 6.07) is 16.7. The second kappa shape index (κ2) is 6.87. The van der Waals surface area contributed by atoms with Crippen molar-refractivity contribution in [3.8, 4) is 17.0 Å². The quantitative estimate of drug-likeness (QED) is 0.431. The fourth-order valence-electron chi connectivity index (χ4n) is 2.80. The lowest BCUT2D eigenvalue weighted by Crippen LogP contribution is -1.81. The Balaban J connectivity index is 1.59. The van der Waals surface area contributed by atoms with Crippen LogP contribution >= 0.6 is 23.2 Å². The Labute approximate surface area is 160 Å². The van der Waals surface area contributed by atoms with Crippen LogP contribution in [0, 0.1) is 0 Å². The zero-order chi connectivity index (χ0) is 18.1. The van der Waals surface area contributed by atoms with Crippen molar-refractivity contribution in [2.75, 3.05) is 0 Å². The van der Waals surface area contributed by atoms with Crippen LogP contribution in [0.4, 0.5) is 0 Å². The molecule has 3 nitrogen and oxygen atoms in total. The van der Waals surface area contributed by atoms with Gasteiger partial charge in [-0.05, 0) is 58.8 Å². The number of benzene rings is 3. The molecule has 4 aromatic rings. The Morgan fingerprint density at radius 1 is 0.885 bits per heavy atom. The van der Waals surface area contributed by atoms with Gasteiger partial charge in [-0.2, -0.15) is 0 Å². The highest BCUT2D eigenvalue weighted by atomic mass is 35.5. The minimum absolute atomic E-state index is 0.268. The predicted molar refractivity (Wildman–Crippen MR) is 109 cm³/mol. The van der Waals surface area contributed by atoms with Crippen LogP contribution in [0.25, 0.3) is 34.2 Å². The molecule has 0 aliphatic heterocycles. The molecule has 0 amide bonds. The van der Waals surface area contributed by atoms with Gasteiger partial charge in [0.2, 0.25) is 0 Å². The van der Waals surface area contributed by atoms with Gasteiger partial charge in [0, 0.05) is 10.6 Å². The predicted octanol–water partition coefficient (Wildman–Crippen LogP) is 6.41. The summed E-state index contributed by atoms with van der Waals surface area (Å²) in [6.45, 7) is 0. The first-order valence-electron chi connectivity index (χ1n) is 8.00. The summed E-state index contributed by atoms with van der Waals surface area (Å²) in [4.78, 5) is 7.62. The van der Waals surface area contributed by atoms with Gasteiger partial charge < -0.3 is 10.1 Å². The summed E-state index contributed by atoms with van der Waals surface area (Å²) >= 11 is 12.2. The number of nitrogens with one attached hydrogen (secondary N) is 1. The van der Waals surface area contributed by atoms with Crippen molar-refractivity contribution in [1.29, 1.82) is 0 Å². The third kappa shape index (κ3) is 3.45. The molecule has 0 atom stereocenters. The maximum atomic E-state index is 9.54. The number of hydrogen-bond donors (Lipinski definition) is 2. The zero-order valence-electron chi connectivity index (χ0n) is 13.6. The summed E-state index contributed by atoms with van der Waals surface area (Å²) in [5.41, 5.74) is 2.74. The Morgan fingerprint density at radius 3 is 2.54 bits per heavy atom. The molecule has 5 heteroatoms. The van der Waals surface area contributed by atoms with Gasteiger partial charge in [-0.25, -0.2) is 4.98 Å². The molecule has 0 saturated carbocycles. The average molecular weight is 381 g/mol. The SMILES string of the molecule is Oc1ccc2cc(/C=C/c3ncc(-c4ccc(Cl)cc4Cl)[nH]3)ccc2c1. The van der Waals surface area contributed by atoms with Gasteiger partial charge in [0.1, 0.15) is 11.6 Å². The largest absolute Gasteiger partial charge is 0.508 e. The van der Waals surface area contributed by atoms with Crippen molar-refractivity contribution in [2.24, 2.45) is 0 Å². The van der Waals surface area contributed by atoms with Gasteiger partial charge in [0.25, 0.3) is 0 Å². The Hall–Kier alpha value is -2.75. The first kappa shape index (κ1) is 16.7. The molecule has 128 valence electrons. The first-order chi connectivity index (χ1) is 12.6. The second-order valence-corrected chi connectivity index (χ2v) is 6.77. The number of aromatic nitrogens is 2. The second-order valence-electron chi connectivity index (χ2n) is 5.93. The van der Waals surface area contributed by atoms with E-state index in [0.29, 0.717) is 10.0 Å². The molecule has 26 heavy (non-hydrogen) atoms. The van der Waals surface area contributed by atoms with E-state index in [9.17, 15) is 5.11 Å². The molecule has 2 N–H and O–H groups in total. The summed E-state index contributed by atoms with van der Waals surface area (Å²) in [7, 11) is 0. The number of phenols is 1.